The van der Waals surface area contributed by atoms with Crippen LogP contribution in [0.3, 0.4) is 0 Å². The van der Waals surface area contributed by atoms with E-state index in [0.29, 0.717) is 11.2 Å². The fraction of sp³-hybridized carbons (Fsp3) is 0.526. The lowest BCUT2D eigenvalue weighted by molar-refractivity contribution is -0.264. The highest BCUT2D eigenvalue weighted by atomic mass is 16.7. The molecule has 0 bridgehead atoms. The second-order valence-electron chi connectivity index (χ2n) is 7.10. The van der Waals surface area contributed by atoms with Crippen molar-refractivity contribution in [2.75, 3.05) is 11.9 Å². The van der Waals surface area contributed by atoms with Crippen LogP contribution in [0.2, 0.25) is 0 Å². The number of rotatable bonds is 7. The number of aromatic nitrogens is 4. The van der Waals surface area contributed by atoms with Gasteiger partial charge in [0.2, 0.25) is 6.29 Å². The zero-order valence-electron chi connectivity index (χ0n) is 18.3. The van der Waals surface area contributed by atoms with Crippen LogP contribution in [0.5, 0.6) is 0 Å². The van der Waals surface area contributed by atoms with E-state index in [1.54, 1.807) is 0 Å². The van der Waals surface area contributed by atoms with Gasteiger partial charge >= 0.3 is 23.9 Å². The molecular formula is C19H23N5O9. The summed E-state index contributed by atoms with van der Waals surface area (Å²) in [5.74, 6) is -2.47. The van der Waals surface area contributed by atoms with Crippen molar-refractivity contribution in [3.63, 3.8) is 0 Å². The number of ether oxygens (including phenoxy) is 5. The normalized spacial score (nSPS) is 24.5. The van der Waals surface area contributed by atoms with Gasteiger partial charge in [0.05, 0.1) is 6.33 Å². The molecule has 5 unspecified atom stereocenters. The monoisotopic (exact) mass is 465 g/mol. The number of esters is 4. The maximum atomic E-state index is 11.9. The van der Waals surface area contributed by atoms with Crippen molar-refractivity contribution in [2.24, 2.45) is 0 Å². The molecule has 178 valence electrons. The molecule has 0 aliphatic carbocycles. The molecule has 2 N–H and O–H groups in total. The Kier molecular flexibility index (Phi) is 7.37. The largest absolute Gasteiger partial charge is 0.463 e. The topological polar surface area (TPSA) is 181 Å². The van der Waals surface area contributed by atoms with Gasteiger partial charge in [-0.25, -0.2) is 15.0 Å². The average Bonchev–Trinajstić information content (AvgIpc) is 3.19. The van der Waals surface area contributed by atoms with Crippen LogP contribution in [0, 0.1) is 0 Å². The Morgan fingerprint density at radius 1 is 0.939 bits per heavy atom. The molecule has 5 atom stereocenters. The van der Waals surface area contributed by atoms with Gasteiger partial charge in [0, 0.05) is 27.7 Å². The molecule has 0 spiro atoms. The first-order chi connectivity index (χ1) is 15.7. The summed E-state index contributed by atoms with van der Waals surface area (Å²) < 4.78 is 27.0. The van der Waals surface area contributed by atoms with E-state index in [9.17, 15) is 19.2 Å². The number of carbonyl (C=O) groups is 4. The van der Waals surface area contributed by atoms with Crippen LogP contribution in [0.1, 0.15) is 27.7 Å². The van der Waals surface area contributed by atoms with Crippen LogP contribution < -0.4 is 5.32 Å². The Morgan fingerprint density at radius 2 is 1.61 bits per heavy atom. The molecule has 0 amide bonds. The predicted octanol–water partition coefficient (Wildman–Crippen LogP) is -0.152. The summed E-state index contributed by atoms with van der Waals surface area (Å²) in [5, 5.41) is 3.01. The van der Waals surface area contributed by atoms with Gasteiger partial charge in [-0.05, 0) is 0 Å². The van der Waals surface area contributed by atoms with Crippen LogP contribution in [0.25, 0.3) is 11.2 Å². The van der Waals surface area contributed by atoms with E-state index in [0.717, 1.165) is 20.8 Å². The van der Waals surface area contributed by atoms with Crippen molar-refractivity contribution in [1.29, 1.82) is 0 Å². The van der Waals surface area contributed by atoms with Gasteiger partial charge in [-0.1, -0.05) is 0 Å². The minimum atomic E-state index is -1.34. The third kappa shape index (κ3) is 5.91. The average molecular weight is 465 g/mol. The molecule has 0 aromatic carbocycles. The van der Waals surface area contributed by atoms with E-state index in [1.807, 2.05) is 0 Å². The van der Waals surface area contributed by atoms with Crippen molar-refractivity contribution in [2.45, 2.75) is 58.3 Å². The Balaban J connectivity index is 2.03. The van der Waals surface area contributed by atoms with E-state index >= 15 is 0 Å². The van der Waals surface area contributed by atoms with Gasteiger partial charge in [-0.3, -0.25) is 19.2 Å². The van der Waals surface area contributed by atoms with Gasteiger partial charge in [0.15, 0.2) is 23.7 Å². The first-order valence-electron chi connectivity index (χ1n) is 9.86. The van der Waals surface area contributed by atoms with Crippen LogP contribution in [-0.4, -0.2) is 81.1 Å². The molecule has 1 aliphatic heterocycles. The van der Waals surface area contributed by atoms with E-state index in [2.05, 4.69) is 25.3 Å². The minimum absolute atomic E-state index is 0.236. The van der Waals surface area contributed by atoms with Crippen LogP contribution in [0.4, 0.5) is 5.82 Å². The summed E-state index contributed by atoms with van der Waals surface area (Å²) in [6.07, 6.45) is -2.23. The molecule has 1 fully saturated rings. The first kappa shape index (κ1) is 23.8. The second kappa shape index (κ2) is 10.2. The predicted molar refractivity (Wildman–Crippen MR) is 107 cm³/mol. The maximum Gasteiger partial charge on any atom is 0.305 e. The summed E-state index contributed by atoms with van der Waals surface area (Å²) in [7, 11) is 0. The number of imidazole rings is 1. The van der Waals surface area contributed by atoms with Crippen molar-refractivity contribution >= 4 is 40.9 Å². The molecular weight excluding hydrogens is 442 g/mol. The number of aromatic amines is 1. The van der Waals surface area contributed by atoms with E-state index < -0.39 is 54.5 Å². The second-order valence-corrected chi connectivity index (χ2v) is 7.10. The molecule has 14 heteroatoms. The fourth-order valence-electron chi connectivity index (χ4n) is 3.35. The number of fused-ring (bicyclic) bond motifs is 1. The van der Waals surface area contributed by atoms with Crippen molar-refractivity contribution in [3.8, 4) is 0 Å². The number of anilines is 1. The zero-order chi connectivity index (χ0) is 24.1. The standard InChI is InChI=1S/C19H23N5O9/c1-8(25)29-5-12-15(30-9(2)26)16(31-10(3)27)13(19(33-12)32-11(4)28)24-18-14-17(21-6-20-14)22-7-23-18/h6-7,12-13,15-16,19H,5H2,1-4H3,(H2,20,21,22,23,24). The van der Waals surface area contributed by atoms with E-state index in [4.69, 9.17) is 23.7 Å². The number of carbonyl (C=O) groups excluding carboxylic acids is 4. The Morgan fingerprint density at radius 3 is 2.24 bits per heavy atom. The quantitative estimate of drug-likeness (QED) is 0.407. The molecule has 0 radical (unpaired) electrons. The molecule has 3 rings (SSSR count). The van der Waals surface area contributed by atoms with Gasteiger partial charge < -0.3 is 34.0 Å². The molecule has 3 heterocycles. The van der Waals surface area contributed by atoms with Gasteiger partial charge in [0.1, 0.15) is 30.6 Å². The lowest BCUT2D eigenvalue weighted by atomic mass is 9.96. The first-order valence-corrected chi connectivity index (χ1v) is 9.86. The molecule has 33 heavy (non-hydrogen) atoms. The number of nitrogens with zero attached hydrogens (tertiary/aromatic N) is 3. The van der Waals surface area contributed by atoms with Crippen LogP contribution in [-0.2, 0) is 42.9 Å². The van der Waals surface area contributed by atoms with Crippen molar-refractivity contribution in [3.05, 3.63) is 12.7 Å². The van der Waals surface area contributed by atoms with Gasteiger partial charge in [-0.2, -0.15) is 0 Å². The Bertz CT molecular complexity index is 1040. The summed E-state index contributed by atoms with van der Waals surface area (Å²) in [6, 6.07) is -1.09. The van der Waals surface area contributed by atoms with E-state index in [1.165, 1.54) is 19.6 Å². The highest BCUT2D eigenvalue weighted by Gasteiger charge is 2.52. The summed E-state index contributed by atoms with van der Waals surface area (Å²) >= 11 is 0. The number of H-pyrrole nitrogens is 1. The van der Waals surface area contributed by atoms with Crippen LogP contribution >= 0.6 is 0 Å². The van der Waals surface area contributed by atoms with Gasteiger partial charge in [0.25, 0.3) is 0 Å². The summed E-state index contributed by atoms with van der Waals surface area (Å²) in [6.45, 7) is 4.32. The van der Waals surface area contributed by atoms with Crippen molar-refractivity contribution < 1.29 is 42.9 Å². The molecule has 2 aromatic heterocycles. The summed E-state index contributed by atoms with van der Waals surface area (Å²) in [5.41, 5.74) is 0.772. The molecule has 1 aliphatic rings. The molecule has 14 nitrogen and oxygen atoms in total. The lowest BCUT2D eigenvalue weighted by Crippen LogP contribution is -2.64. The number of nitrogens with one attached hydrogen (secondary N) is 2. The SMILES string of the molecule is CC(=O)OCC1OC(OC(C)=O)C(Nc2ncnc3nc[nH]c23)C(OC(C)=O)C1OC(C)=O. The number of hydrogen-bond donors (Lipinski definition) is 2. The third-order valence-corrected chi connectivity index (χ3v) is 4.51. The van der Waals surface area contributed by atoms with Crippen LogP contribution in [0.15, 0.2) is 12.7 Å². The van der Waals surface area contributed by atoms with Gasteiger partial charge in [-0.15, -0.1) is 0 Å². The minimum Gasteiger partial charge on any atom is -0.463 e. The zero-order valence-corrected chi connectivity index (χ0v) is 18.3. The Labute approximate surface area is 187 Å². The highest BCUT2D eigenvalue weighted by Crippen LogP contribution is 2.30. The molecule has 0 saturated carbocycles. The van der Waals surface area contributed by atoms with Crippen molar-refractivity contribution in [1.82, 2.24) is 19.9 Å². The highest BCUT2D eigenvalue weighted by molar-refractivity contribution is 5.82. The molecule has 2 aromatic rings. The summed E-state index contributed by atoms with van der Waals surface area (Å²) in [4.78, 5) is 62.0. The smallest absolute Gasteiger partial charge is 0.305 e. The maximum absolute atomic E-state index is 11.9. The fourth-order valence-corrected chi connectivity index (χ4v) is 3.35. The Hall–Kier alpha value is -3.81. The lowest BCUT2D eigenvalue weighted by Gasteiger charge is -2.44. The van der Waals surface area contributed by atoms with E-state index in [-0.39, 0.29) is 12.4 Å². The third-order valence-electron chi connectivity index (χ3n) is 4.51. The number of hydrogen-bond acceptors (Lipinski definition) is 13. The molecule has 1 saturated heterocycles.